The van der Waals surface area contributed by atoms with E-state index in [2.05, 4.69) is 4.74 Å². The second-order valence-electron chi connectivity index (χ2n) is 5.18. The maximum Gasteiger partial charge on any atom is 0.509 e. The molecular formula is C11H19ClO5. The van der Waals surface area contributed by atoms with Gasteiger partial charge in [-0.15, -0.1) is 0 Å². The molecule has 0 aliphatic rings. The van der Waals surface area contributed by atoms with Crippen LogP contribution in [-0.4, -0.2) is 30.4 Å². The van der Waals surface area contributed by atoms with E-state index < -0.39 is 23.1 Å². The van der Waals surface area contributed by atoms with Crippen molar-refractivity contribution in [2.75, 3.05) is 12.7 Å². The minimum Gasteiger partial charge on any atom is -0.459 e. The van der Waals surface area contributed by atoms with Crippen LogP contribution >= 0.6 is 11.6 Å². The molecule has 0 saturated heterocycles. The fourth-order valence-electron chi connectivity index (χ4n) is 0.801. The molecule has 0 saturated carbocycles. The van der Waals surface area contributed by atoms with Crippen molar-refractivity contribution in [3.05, 3.63) is 0 Å². The standard InChI is InChI=1S/C11H19ClO5/c1-10(2,3)17-8(13)11(4,5)6-15-9(14)16-7-12/h6-7H2,1-5H3. The Bertz CT molecular complexity index is 280. The highest BCUT2D eigenvalue weighted by Crippen LogP contribution is 2.22. The van der Waals surface area contributed by atoms with Crippen LogP contribution in [0.1, 0.15) is 34.6 Å². The number of alkyl halides is 1. The van der Waals surface area contributed by atoms with Gasteiger partial charge in [-0.25, -0.2) is 4.79 Å². The van der Waals surface area contributed by atoms with Gasteiger partial charge in [0.1, 0.15) is 12.2 Å². The first kappa shape index (κ1) is 16.0. The van der Waals surface area contributed by atoms with Gasteiger partial charge in [0.25, 0.3) is 0 Å². The zero-order valence-electron chi connectivity index (χ0n) is 10.8. The molecule has 0 aliphatic carbocycles. The number of rotatable bonds is 4. The highest BCUT2D eigenvalue weighted by molar-refractivity contribution is 6.17. The van der Waals surface area contributed by atoms with Crippen LogP contribution in [0.4, 0.5) is 4.79 Å². The molecule has 0 fully saturated rings. The quantitative estimate of drug-likeness (QED) is 0.578. The second kappa shape index (κ2) is 6.10. The molecule has 5 nitrogen and oxygen atoms in total. The molecule has 0 rings (SSSR count). The number of carbonyl (C=O) groups excluding carboxylic acids is 2. The minimum atomic E-state index is -0.932. The van der Waals surface area contributed by atoms with Gasteiger partial charge in [-0.2, -0.15) is 0 Å². The molecule has 0 bridgehead atoms. The average Bonchev–Trinajstić information content (AvgIpc) is 2.12. The van der Waals surface area contributed by atoms with Crippen molar-refractivity contribution in [2.45, 2.75) is 40.2 Å². The van der Waals surface area contributed by atoms with Gasteiger partial charge in [-0.05, 0) is 34.6 Å². The molecule has 100 valence electrons. The molecule has 0 heterocycles. The predicted octanol–water partition coefficient (Wildman–Crippen LogP) is 2.70. The van der Waals surface area contributed by atoms with Crippen molar-refractivity contribution >= 4 is 23.7 Å². The Morgan fingerprint density at radius 3 is 2.00 bits per heavy atom. The lowest BCUT2D eigenvalue weighted by Crippen LogP contribution is -2.37. The first-order chi connectivity index (χ1) is 7.58. The van der Waals surface area contributed by atoms with Gasteiger partial charge in [0.15, 0.2) is 6.07 Å². The van der Waals surface area contributed by atoms with Crippen LogP contribution in [0.2, 0.25) is 0 Å². The topological polar surface area (TPSA) is 61.8 Å². The zero-order valence-corrected chi connectivity index (χ0v) is 11.6. The van der Waals surface area contributed by atoms with Crippen LogP contribution in [0.5, 0.6) is 0 Å². The molecule has 0 aromatic carbocycles. The fourth-order valence-corrected chi connectivity index (χ4v) is 0.890. The molecule has 0 aliphatic heterocycles. The Morgan fingerprint density at radius 2 is 1.59 bits per heavy atom. The van der Waals surface area contributed by atoms with E-state index in [1.54, 1.807) is 34.6 Å². The summed E-state index contributed by atoms with van der Waals surface area (Å²) in [7, 11) is 0. The van der Waals surface area contributed by atoms with Gasteiger partial charge < -0.3 is 14.2 Å². The first-order valence-corrected chi connectivity index (χ1v) is 5.71. The number of hydrogen-bond acceptors (Lipinski definition) is 5. The number of ether oxygens (including phenoxy) is 3. The molecule has 0 N–H and O–H groups in total. The summed E-state index contributed by atoms with van der Waals surface area (Å²) in [5, 5.41) is 0. The summed E-state index contributed by atoms with van der Waals surface area (Å²) in [6.07, 6.45) is -0.906. The summed E-state index contributed by atoms with van der Waals surface area (Å²) < 4.78 is 14.3. The summed E-state index contributed by atoms with van der Waals surface area (Å²) >= 11 is 5.18. The first-order valence-electron chi connectivity index (χ1n) is 5.17. The summed E-state index contributed by atoms with van der Waals surface area (Å²) in [6.45, 7) is 8.42. The molecule has 0 radical (unpaired) electrons. The Morgan fingerprint density at radius 1 is 1.06 bits per heavy atom. The molecule has 6 heteroatoms. The summed E-state index contributed by atoms with van der Waals surface area (Å²) in [5.41, 5.74) is -1.51. The lowest BCUT2D eigenvalue weighted by atomic mass is 9.95. The van der Waals surface area contributed by atoms with Gasteiger partial charge in [0.2, 0.25) is 0 Å². The molecular weight excluding hydrogens is 248 g/mol. The Hall–Kier alpha value is -0.970. The smallest absolute Gasteiger partial charge is 0.459 e. The number of carbonyl (C=O) groups is 2. The number of hydrogen-bond donors (Lipinski definition) is 0. The monoisotopic (exact) mass is 266 g/mol. The summed E-state index contributed by atoms with van der Waals surface area (Å²) in [5.74, 6) is -0.441. The third-order valence-corrected chi connectivity index (χ3v) is 1.78. The summed E-state index contributed by atoms with van der Waals surface area (Å²) in [4.78, 5) is 22.7. The lowest BCUT2D eigenvalue weighted by Gasteiger charge is -2.27. The molecule has 0 aromatic rings. The van der Waals surface area contributed by atoms with Crippen molar-refractivity contribution < 1.29 is 23.8 Å². The Labute approximate surface area is 106 Å². The normalized spacial score (nSPS) is 11.9. The van der Waals surface area contributed by atoms with E-state index in [-0.39, 0.29) is 12.7 Å². The highest BCUT2D eigenvalue weighted by atomic mass is 35.5. The van der Waals surface area contributed by atoms with Crippen LogP contribution in [0.3, 0.4) is 0 Å². The zero-order chi connectivity index (χ0) is 13.7. The van der Waals surface area contributed by atoms with E-state index in [4.69, 9.17) is 21.1 Å². The van der Waals surface area contributed by atoms with Crippen molar-refractivity contribution in [1.82, 2.24) is 0 Å². The van der Waals surface area contributed by atoms with Crippen molar-refractivity contribution in [2.24, 2.45) is 5.41 Å². The molecule has 0 unspecified atom stereocenters. The molecule has 0 spiro atoms. The molecule has 0 amide bonds. The average molecular weight is 267 g/mol. The van der Waals surface area contributed by atoms with Crippen LogP contribution in [-0.2, 0) is 19.0 Å². The largest absolute Gasteiger partial charge is 0.509 e. The van der Waals surface area contributed by atoms with Crippen molar-refractivity contribution in [1.29, 1.82) is 0 Å². The minimum absolute atomic E-state index is 0.127. The van der Waals surface area contributed by atoms with Gasteiger partial charge >= 0.3 is 12.1 Å². The fraction of sp³-hybridized carbons (Fsp3) is 0.818. The van der Waals surface area contributed by atoms with E-state index in [1.165, 1.54) is 0 Å². The van der Waals surface area contributed by atoms with Crippen LogP contribution < -0.4 is 0 Å². The van der Waals surface area contributed by atoms with Crippen LogP contribution in [0.15, 0.2) is 0 Å². The maximum atomic E-state index is 11.8. The van der Waals surface area contributed by atoms with Gasteiger partial charge in [0, 0.05) is 0 Å². The Kier molecular flexibility index (Phi) is 5.75. The third kappa shape index (κ3) is 7.05. The van der Waals surface area contributed by atoms with E-state index in [1.807, 2.05) is 0 Å². The number of esters is 1. The molecule has 17 heavy (non-hydrogen) atoms. The van der Waals surface area contributed by atoms with Crippen molar-refractivity contribution in [3.63, 3.8) is 0 Å². The third-order valence-electron chi connectivity index (χ3n) is 1.67. The van der Waals surface area contributed by atoms with Gasteiger partial charge in [-0.1, -0.05) is 11.6 Å². The van der Waals surface area contributed by atoms with E-state index in [9.17, 15) is 9.59 Å². The summed E-state index contributed by atoms with van der Waals surface area (Å²) in [6, 6.07) is -0.286. The Balaban J connectivity index is 4.28. The predicted molar refractivity (Wildman–Crippen MR) is 62.8 cm³/mol. The maximum absolute atomic E-state index is 11.8. The molecule has 0 atom stereocenters. The van der Waals surface area contributed by atoms with Crippen LogP contribution in [0, 0.1) is 5.41 Å². The second-order valence-corrected chi connectivity index (χ2v) is 5.40. The van der Waals surface area contributed by atoms with E-state index in [0.717, 1.165) is 0 Å². The van der Waals surface area contributed by atoms with Gasteiger partial charge in [-0.3, -0.25) is 4.79 Å². The van der Waals surface area contributed by atoms with Crippen LogP contribution in [0.25, 0.3) is 0 Å². The highest BCUT2D eigenvalue weighted by Gasteiger charge is 2.34. The van der Waals surface area contributed by atoms with Crippen molar-refractivity contribution in [3.8, 4) is 0 Å². The SMILES string of the molecule is CC(C)(C)OC(=O)C(C)(C)COC(=O)OCCl. The van der Waals surface area contributed by atoms with Gasteiger partial charge in [0.05, 0.1) is 5.41 Å². The number of halogens is 1. The van der Waals surface area contributed by atoms with E-state index in [0.29, 0.717) is 0 Å². The van der Waals surface area contributed by atoms with E-state index >= 15 is 0 Å². The molecule has 0 aromatic heterocycles. The lowest BCUT2D eigenvalue weighted by molar-refractivity contribution is -0.168.